The van der Waals surface area contributed by atoms with E-state index in [9.17, 15) is 10.2 Å². The Morgan fingerprint density at radius 2 is 1.84 bits per heavy atom. The van der Waals surface area contributed by atoms with E-state index in [2.05, 4.69) is 4.98 Å². The minimum Gasteiger partial charge on any atom is -0.491 e. The van der Waals surface area contributed by atoms with Gasteiger partial charge in [0, 0.05) is 11.6 Å². The first-order chi connectivity index (χ1) is 9.24. The Hall–Kier alpha value is -1.65. The van der Waals surface area contributed by atoms with Gasteiger partial charge in [-0.1, -0.05) is 18.2 Å². The number of rotatable bonds is 3. The van der Waals surface area contributed by atoms with Crippen molar-refractivity contribution >= 4 is 10.9 Å². The standard InChI is InChI=1S/C15H17NO3/c17-12-7-10(8-13(12)18)9-19-14-5-1-3-11-4-2-6-16-15(11)14/h1-6,10,12-13,17-18H,7-9H2/t10?,12-,13+. The normalized spacial score (nSPS) is 26.7. The van der Waals surface area contributed by atoms with Crippen LogP contribution >= 0.6 is 0 Å². The van der Waals surface area contributed by atoms with Gasteiger partial charge < -0.3 is 14.9 Å². The number of pyridine rings is 1. The van der Waals surface area contributed by atoms with Gasteiger partial charge in [0.05, 0.1) is 18.8 Å². The summed E-state index contributed by atoms with van der Waals surface area (Å²) in [4.78, 5) is 4.33. The Balaban J connectivity index is 1.72. The third-order valence-electron chi connectivity index (χ3n) is 3.66. The largest absolute Gasteiger partial charge is 0.491 e. The second-order valence-electron chi connectivity index (χ2n) is 5.11. The van der Waals surface area contributed by atoms with Gasteiger partial charge >= 0.3 is 0 Å². The van der Waals surface area contributed by atoms with Crippen molar-refractivity contribution in [1.82, 2.24) is 4.98 Å². The Labute approximate surface area is 111 Å². The van der Waals surface area contributed by atoms with E-state index < -0.39 is 12.2 Å². The van der Waals surface area contributed by atoms with E-state index >= 15 is 0 Å². The summed E-state index contributed by atoms with van der Waals surface area (Å²) in [6.07, 6.45) is 1.72. The Morgan fingerprint density at radius 3 is 2.63 bits per heavy atom. The van der Waals surface area contributed by atoms with Crippen molar-refractivity contribution in [2.24, 2.45) is 5.92 Å². The maximum atomic E-state index is 9.52. The molecule has 0 saturated heterocycles. The van der Waals surface area contributed by atoms with Crippen molar-refractivity contribution in [3.63, 3.8) is 0 Å². The van der Waals surface area contributed by atoms with Gasteiger partial charge in [-0.25, -0.2) is 0 Å². The average Bonchev–Trinajstić information content (AvgIpc) is 2.75. The predicted molar refractivity (Wildman–Crippen MR) is 72.0 cm³/mol. The zero-order valence-electron chi connectivity index (χ0n) is 10.6. The molecule has 3 rings (SSSR count). The molecular formula is C15H17NO3. The number of aromatic nitrogens is 1. The number of hydrogen-bond acceptors (Lipinski definition) is 4. The molecule has 0 aliphatic heterocycles. The van der Waals surface area contributed by atoms with E-state index in [-0.39, 0.29) is 5.92 Å². The second-order valence-corrected chi connectivity index (χ2v) is 5.11. The maximum absolute atomic E-state index is 9.52. The Kier molecular flexibility index (Phi) is 3.36. The molecule has 0 spiro atoms. The lowest BCUT2D eigenvalue weighted by molar-refractivity contribution is 0.0438. The molecule has 1 aromatic carbocycles. The van der Waals surface area contributed by atoms with Crippen molar-refractivity contribution in [1.29, 1.82) is 0 Å². The van der Waals surface area contributed by atoms with Crippen molar-refractivity contribution in [3.8, 4) is 5.75 Å². The average molecular weight is 259 g/mol. The quantitative estimate of drug-likeness (QED) is 0.881. The van der Waals surface area contributed by atoms with E-state index in [1.165, 1.54) is 0 Å². The van der Waals surface area contributed by atoms with Gasteiger partial charge in [-0.05, 0) is 30.9 Å². The highest BCUT2D eigenvalue weighted by molar-refractivity contribution is 5.84. The van der Waals surface area contributed by atoms with Crippen molar-refractivity contribution in [2.75, 3.05) is 6.61 Å². The van der Waals surface area contributed by atoms with Gasteiger partial charge in [-0.2, -0.15) is 0 Å². The van der Waals surface area contributed by atoms with Crippen LogP contribution in [0.4, 0.5) is 0 Å². The molecule has 1 aliphatic carbocycles. The van der Waals surface area contributed by atoms with Crippen LogP contribution in [-0.2, 0) is 0 Å². The maximum Gasteiger partial charge on any atom is 0.145 e. The van der Waals surface area contributed by atoms with Crippen LogP contribution in [0.5, 0.6) is 5.75 Å². The topological polar surface area (TPSA) is 62.6 Å². The highest BCUT2D eigenvalue weighted by atomic mass is 16.5. The number of para-hydroxylation sites is 1. The first kappa shape index (κ1) is 12.4. The number of nitrogens with zero attached hydrogens (tertiary/aromatic N) is 1. The molecule has 2 N–H and O–H groups in total. The number of benzene rings is 1. The molecule has 1 aliphatic rings. The third-order valence-corrected chi connectivity index (χ3v) is 3.66. The first-order valence-corrected chi connectivity index (χ1v) is 6.56. The highest BCUT2D eigenvalue weighted by Crippen LogP contribution is 2.28. The number of fused-ring (bicyclic) bond motifs is 1. The summed E-state index contributed by atoms with van der Waals surface area (Å²) in [5.74, 6) is 0.956. The summed E-state index contributed by atoms with van der Waals surface area (Å²) in [7, 11) is 0. The molecule has 4 nitrogen and oxygen atoms in total. The summed E-state index contributed by atoms with van der Waals surface area (Å²) in [6, 6.07) is 9.74. The van der Waals surface area contributed by atoms with Crippen LogP contribution < -0.4 is 4.74 Å². The molecule has 1 unspecified atom stereocenters. The van der Waals surface area contributed by atoms with Gasteiger partial charge in [0.25, 0.3) is 0 Å². The van der Waals surface area contributed by atoms with Gasteiger partial charge in [-0.3, -0.25) is 4.98 Å². The molecule has 0 bridgehead atoms. The monoisotopic (exact) mass is 259 g/mol. The van der Waals surface area contributed by atoms with Crippen molar-refractivity contribution in [2.45, 2.75) is 25.0 Å². The SMILES string of the molecule is O[C@@H]1CC(COc2cccc3cccnc23)C[C@@H]1O. The van der Waals surface area contributed by atoms with E-state index in [1.54, 1.807) is 6.20 Å². The van der Waals surface area contributed by atoms with Gasteiger partial charge in [0.1, 0.15) is 11.3 Å². The fourth-order valence-electron chi connectivity index (χ4n) is 2.63. The van der Waals surface area contributed by atoms with Gasteiger partial charge in [-0.15, -0.1) is 0 Å². The van der Waals surface area contributed by atoms with Crippen LogP contribution in [0.25, 0.3) is 10.9 Å². The summed E-state index contributed by atoms with van der Waals surface area (Å²) in [5.41, 5.74) is 0.851. The van der Waals surface area contributed by atoms with Crippen LogP contribution in [-0.4, -0.2) is 34.0 Å². The molecule has 1 heterocycles. The molecule has 100 valence electrons. The van der Waals surface area contributed by atoms with Crippen LogP contribution in [0.2, 0.25) is 0 Å². The Morgan fingerprint density at radius 1 is 1.11 bits per heavy atom. The summed E-state index contributed by atoms with van der Waals surface area (Å²) in [6.45, 7) is 0.504. The molecule has 3 atom stereocenters. The lowest BCUT2D eigenvalue weighted by Crippen LogP contribution is -2.17. The Bertz CT molecular complexity index is 557. The summed E-state index contributed by atoms with van der Waals surface area (Å²) in [5, 5.41) is 20.1. The van der Waals surface area contributed by atoms with Gasteiger partial charge in [0.2, 0.25) is 0 Å². The number of aliphatic hydroxyl groups is 2. The van der Waals surface area contributed by atoms with Crippen LogP contribution in [0.1, 0.15) is 12.8 Å². The molecule has 1 fully saturated rings. The van der Waals surface area contributed by atoms with E-state index in [0.717, 1.165) is 16.7 Å². The minimum atomic E-state index is -0.612. The van der Waals surface area contributed by atoms with Crippen molar-refractivity contribution < 1.29 is 14.9 Å². The third kappa shape index (κ3) is 2.55. The molecule has 0 radical (unpaired) electrons. The zero-order valence-corrected chi connectivity index (χ0v) is 10.6. The number of ether oxygens (including phenoxy) is 1. The van der Waals surface area contributed by atoms with E-state index in [1.807, 2.05) is 30.3 Å². The van der Waals surface area contributed by atoms with E-state index in [4.69, 9.17) is 4.74 Å². The fraction of sp³-hybridized carbons (Fsp3) is 0.400. The molecule has 19 heavy (non-hydrogen) atoms. The molecular weight excluding hydrogens is 242 g/mol. The predicted octanol–water partition coefficient (Wildman–Crippen LogP) is 1.75. The molecule has 4 heteroatoms. The van der Waals surface area contributed by atoms with Crippen LogP contribution in [0.15, 0.2) is 36.5 Å². The van der Waals surface area contributed by atoms with Crippen LogP contribution in [0, 0.1) is 5.92 Å². The summed E-state index contributed by atoms with van der Waals surface area (Å²) < 4.78 is 5.82. The smallest absolute Gasteiger partial charge is 0.145 e. The van der Waals surface area contributed by atoms with Crippen molar-refractivity contribution in [3.05, 3.63) is 36.5 Å². The first-order valence-electron chi connectivity index (χ1n) is 6.56. The highest BCUT2D eigenvalue weighted by Gasteiger charge is 2.31. The minimum absolute atomic E-state index is 0.198. The summed E-state index contributed by atoms with van der Waals surface area (Å²) >= 11 is 0. The fourth-order valence-corrected chi connectivity index (χ4v) is 2.63. The number of aliphatic hydroxyl groups excluding tert-OH is 2. The zero-order chi connectivity index (χ0) is 13.2. The molecule has 1 aromatic heterocycles. The van der Waals surface area contributed by atoms with Crippen LogP contribution in [0.3, 0.4) is 0 Å². The number of hydrogen-bond donors (Lipinski definition) is 2. The molecule has 1 saturated carbocycles. The van der Waals surface area contributed by atoms with Gasteiger partial charge in [0.15, 0.2) is 0 Å². The second kappa shape index (κ2) is 5.15. The lowest BCUT2D eigenvalue weighted by atomic mass is 10.1. The lowest BCUT2D eigenvalue weighted by Gasteiger charge is -2.12. The van der Waals surface area contributed by atoms with E-state index in [0.29, 0.717) is 19.4 Å². The molecule has 0 amide bonds. The molecule has 2 aromatic rings.